The molecule has 2 N–H and O–H groups in total. The number of carbonyl (C=O) groups excluding carboxylic acids is 1. The van der Waals surface area contributed by atoms with Gasteiger partial charge in [-0.2, -0.15) is 0 Å². The van der Waals surface area contributed by atoms with Gasteiger partial charge in [-0.25, -0.2) is 4.79 Å². The first-order valence-electron chi connectivity index (χ1n) is 4.70. The summed E-state index contributed by atoms with van der Waals surface area (Å²) >= 11 is 11.7. The van der Waals surface area contributed by atoms with E-state index in [9.17, 15) is 14.7 Å². The number of hydrogen-bond acceptors (Lipinski definition) is 3. The summed E-state index contributed by atoms with van der Waals surface area (Å²) in [5.74, 6) is -1.81. The van der Waals surface area contributed by atoms with Crippen LogP contribution < -0.4 is 0 Å². The third kappa shape index (κ3) is 2.97. The van der Waals surface area contributed by atoms with Gasteiger partial charge in [0.05, 0.1) is 0 Å². The quantitative estimate of drug-likeness (QED) is 0.828. The molecule has 0 fully saturated rings. The van der Waals surface area contributed by atoms with E-state index in [4.69, 9.17) is 28.3 Å². The summed E-state index contributed by atoms with van der Waals surface area (Å²) in [6, 6.07) is 4.43. The van der Waals surface area contributed by atoms with Crippen LogP contribution in [0, 0.1) is 0 Å². The molecule has 0 amide bonds. The molecule has 0 saturated carbocycles. The lowest BCUT2D eigenvalue weighted by Gasteiger charge is -2.16. The Balaban J connectivity index is 3.36. The topological polar surface area (TPSA) is 74.6 Å². The monoisotopic (exact) mass is 276 g/mol. The molecule has 0 saturated heterocycles. The molecule has 1 aromatic carbocycles. The van der Waals surface area contributed by atoms with E-state index in [1.807, 2.05) is 0 Å². The van der Waals surface area contributed by atoms with Crippen LogP contribution in [0.2, 0.25) is 5.02 Å². The Bertz CT molecular complexity index is 459. The van der Waals surface area contributed by atoms with E-state index in [0.29, 0.717) is 0 Å². The van der Waals surface area contributed by atoms with Crippen LogP contribution in [0.3, 0.4) is 0 Å². The summed E-state index contributed by atoms with van der Waals surface area (Å²) < 4.78 is 0. The average molecular weight is 277 g/mol. The highest BCUT2D eigenvalue weighted by Crippen LogP contribution is 2.34. The molecule has 17 heavy (non-hydrogen) atoms. The molecular formula is C11H10Cl2O4. The van der Waals surface area contributed by atoms with Crippen molar-refractivity contribution in [1.29, 1.82) is 0 Å². The lowest BCUT2D eigenvalue weighted by molar-refractivity contribution is -0.147. The number of aliphatic hydroxyl groups excluding tert-OH is 1. The van der Waals surface area contributed by atoms with Gasteiger partial charge in [0.15, 0.2) is 11.9 Å². The number of Topliss-reactive ketones (excluding diaryl/α,β-unsaturated/α-hetero) is 1. The normalized spacial score (nSPS) is 14.1. The molecule has 0 aromatic heterocycles. The molecule has 92 valence electrons. The number of rotatable bonds is 4. The van der Waals surface area contributed by atoms with Crippen LogP contribution in [0.15, 0.2) is 18.2 Å². The summed E-state index contributed by atoms with van der Waals surface area (Å²) in [6.07, 6.45) is -1.81. The summed E-state index contributed by atoms with van der Waals surface area (Å²) in [4.78, 5) is 22.0. The van der Waals surface area contributed by atoms with Crippen molar-refractivity contribution in [2.75, 3.05) is 0 Å². The van der Waals surface area contributed by atoms with Crippen LogP contribution in [-0.4, -0.2) is 22.0 Å². The first kappa shape index (κ1) is 14.0. The third-order valence-electron chi connectivity index (χ3n) is 2.22. The highest BCUT2D eigenvalue weighted by atomic mass is 35.5. The molecule has 0 radical (unpaired) electrons. The lowest BCUT2D eigenvalue weighted by atomic mass is 9.98. The van der Waals surface area contributed by atoms with Crippen LogP contribution in [-0.2, 0) is 9.59 Å². The van der Waals surface area contributed by atoms with Crippen LogP contribution in [0.1, 0.15) is 29.5 Å². The third-order valence-corrected chi connectivity index (χ3v) is 3.10. The molecule has 1 aromatic rings. The number of hydrogen-bond donors (Lipinski definition) is 2. The predicted molar refractivity (Wildman–Crippen MR) is 63.3 cm³/mol. The van der Waals surface area contributed by atoms with Gasteiger partial charge in [0.25, 0.3) is 0 Å². The van der Waals surface area contributed by atoms with Gasteiger partial charge in [-0.05, 0) is 18.6 Å². The van der Waals surface area contributed by atoms with Crippen molar-refractivity contribution in [1.82, 2.24) is 0 Å². The van der Waals surface area contributed by atoms with Gasteiger partial charge in [0.1, 0.15) is 5.38 Å². The molecule has 0 aliphatic rings. The second-order valence-corrected chi connectivity index (χ2v) is 4.30. The molecule has 1 rings (SSSR count). The fraction of sp³-hybridized carbons (Fsp3) is 0.273. The van der Waals surface area contributed by atoms with E-state index in [2.05, 4.69) is 0 Å². The zero-order valence-electron chi connectivity index (χ0n) is 8.85. The van der Waals surface area contributed by atoms with Gasteiger partial charge < -0.3 is 10.2 Å². The molecule has 0 aliphatic carbocycles. The van der Waals surface area contributed by atoms with Crippen molar-refractivity contribution in [3.63, 3.8) is 0 Å². The highest BCUT2D eigenvalue weighted by Gasteiger charge is 2.27. The molecule has 0 bridgehead atoms. The van der Waals surface area contributed by atoms with Gasteiger partial charge in [-0.1, -0.05) is 23.7 Å². The van der Waals surface area contributed by atoms with Crippen molar-refractivity contribution in [2.45, 2.75) is 18.4 Å². The van der Waals surface area contributed by atoms with Crippen molar-refractivity contribution in [2.24, 2.45) is 0 Å². The molecule has 4 nitrogen and oxygen atoms in total. The number of halogens is 2. The number of benzene rings is 1. The van der Waals surface area contributed by atoms with Crippen molar-refractivity contribution >= 4 is 35.0 Å². The Kier molecular flexibility index (Phi) is 4.51. The highest BCUT2D eigenvalue weighted by molar-refractivity contribution is 6.33. The largest absolute Gasteiger partial charge is 0.479 e. The Morgan fingerprint density at radius 2 is 1.94 bits per heavy atom. The van der Waals surface area contributed by atoms with Crippen molar-refractivity contribution in [3.05, 3.63) is 34.3 Å². The Labute approximate surface area is 108 Å². The Morgan fingerprint density at radius 1 is 1.35 bits per heavy atom. The number of alkyl halides is 1. The smallest absolute Gasteiger partial charge is 0.337 e. The summed E-state index contributed by atoms with van der Waals surface area (Å²) in [5, 5.41) is 17.3. The minimum absolute atomic E-state index is 0.0446. The maximum Gasteiger partial charge on any atom is 0.337 e. The van der Waals surface area contributed by atoms with Crippen LogP contribution >= 0.6 is 23.2 Å². The fourth-order valence-corrected chi connectivity index (χ4v) is 1.88. The molecule has 0 spiro atoms. The van der Waals surface area contributed by atoms with Crippen molar-refractivity contribution in [3.8, 4) is 0 Å². The van der Waals surface area contributed by atoms with Gasteiger partial charge in [0.2, 0.25) is 0 Å². The van der Waals surface area contributed by atoms with E-state index >= 15 is 0 Å². The van der Waals surface area contributed by atoms with E-state index in [-0.39, 0.29) is 21.9 Å². The fourth-order valence-electron chi connectivity index (χ4n) is 1.41. The summed E-state index contributed by atoms with van der Waals surface area (Å²) in [7, 11) is 0. The molecule has 6 heteroatoms. The number of aliphatic hydroxyl groups is 1. The molecule has 2 atom stereocenters. The number of carboxylic acid groups (broad SMARTS) is 1. The molecular weight excluding hydrogens is 267 g/mol. The molecule has 0 aliphatic heterocycles. The molecule has 2 unspecified atom stereocenters. The zero-order valence-corrected chi connectivity index (χ0v) is 10.4. The van der Waals surface area contributed by atoms with Crippen LogP contribution in [0.4, 0.5) is 0 Å². The van der Waals surface area contributed by atoms with Gasteiger partial charge >= 0.3 is 5.97 Å². The number of aliphatic carboxylic acids is 1. The van der Waals surface area contributed by atoms with E-state index in [0.717, 1.165) is 0 Å². The second-order valence-electron chi connectivity index (χ2n) is 3.46. The van der Waals surface area contributed by atoms with Gasteiger partial charge in [0, 0.05) is 10.6 Å². The van der Waals surface area contributed by atoms with Crippen LogP contribution in [0.5, 0.6) is 0 Å². The standard InChI is InChI=1S/C11H10Cl2O4/c1-5(14)9(13)6-3-2-4-7(12)8(6)10(15)11(16)17/h2-4,9-10,15H,1H3,(H,16,17). The number of ketones is 1. The number of carbonyl (C=O) groups is 2. The van der Waals surface area contributed by atoms with Gasteiger partial charge in [-0.15, -0.1) is 11.6 Å². The summed E-state index contributed by atoms with van der Waals surface area (Å²) in [5.41, 5.74) is 0.165. The Morgan fingerprint density at radius 3 is 2.41 bits per heavy atom. The maximum atomic E-state index is 11.2. The summed E-state index contributed by atoms with van der Waals surface area (Å²) in [6.45, 7) is 1.27. The minimum atomic E-state index is -1.81. The van der Waals surface area contributed by atoms with Gasteiger partial charge in [-0.3, -0.25) is 4.79 Å². The Hall–Kier alpha value is -1.10. The second kappa shape index (κ2) is 5.49. The van der Waals surface area contributed by atoms with E-state index in [1.165, 1.54) is 25.1 Å². The number of carboxylic acids is 1. The average Bonchev–Trinajstić information content (AvgIpc) is 2.26. The molecule has 0 heterocycles. The zero-order chi connectivity index (χ0) is 13.2. The first-order valence-corrected chi connectivity index (χ1v) is 5.51. The maximum absolute atomic E-state index is 11.2. The minimum Gasteiger partial charge on any atom is -0.479 e. The van der Waals surface area contributed by atoms with E-state index in [1.54, 1.807) is 0 Å². The SMILES string of the molecule is CC(=O)C(Cl)c1cccc(Cl)c1C(O)C(=O)O. The van der Waals surface area contributed by atoms with E-state index < -0.39 is 17.5 Å². The lowest BCUT2D eigenvalue weighted by Crippen LogP contribution is -2.15. The van der Waals surface area contributed by atoms with Crippen molar-refractivity contribution < 1.29 is 19.8 Å². The predicted octanol–water partition coefficient (Wildman–Crippen LogP) is 2.33. The first-order chi connectivity index (χ1) is 7.86. The van der Waals surface area contributed by atoms with Crippen LogP contribution in [0.25, 0.3) is 0 Å².